The summed E-state index contributed by atoms with van der Waals surface area (Å²) in [5, 5.41) is 12.3. The van der Waals surface area contributed by atoms with Gasteiger partial charge in [0.1, 0.15) is 0 Å². The molecule has 8 nitrogen and oxygen atoms in total. The lowest BCUT2D eigenvalue weighted by Gasteiger charge is -2.07. The van der Waals surface area contributed by atoms with Crippen LogP contribution in [0.1, 0.15) is 13.8 Å². The predicted octanol–water partition coefficient (Wildman–Crippen LogP) is 3.80. The predicted molar refractivity (Wildman–Crippen MR) is 119 cm³/mol. The fourth-order valence-corrected chi connectivity index (χ4v) is 4.56. The van der Waals surface area contributed by atoms with Gasteiger partial charge in [0.2, 0.25) is 17.6 Å². The first-order valence-corrected chi connectivity index (χ1v) is 10.9. The Morgan fingerprint density at radius 2 is 1.63 bits per heavy atom. The maximum absolute atomic E-state index is 12.7. The average Bonchev–Trinajstić information content (AvgIpc) is 3.42. The number of rotatable bonds is 6. The lowest BCUT2D eigenvalue weighted by atomic mass is 10.3. The van der Waals surface area contributed by atoms with Gasteiger partial charge < -0.3 is 9.13 Å². The summed E-state index contributed by atoms with van der Waals surface area (Å²) in [4.78, 5) is 17.2. The molecule has 5 rings (SSSR count). The van der Waals surface area contributed by atoms with Crippen molar-refractivity contribution in [3.8, 4) is 0 Å². The smallest absolute Gasteiger partial charge is 0.237 e. The van der Waals surface area contributed by atoms with E-state index in [-0.39, 0.29) is 11.7 Å². The molecule has 0 fully saturated rings. The first-order valence-electron chi connectivity index (χ1n) is 9.91. The van der Waals surface area contributed by atoms with Gasteiger partial charge in [-0.15, -0.1) is 10.2 Å². The normalized spacial score (nSPS) is 11.7. The second kappa shape index (κ2) is 7.49. The molecule has 9 heteroatoms. The minimum Gasteiger partial charge on any atom is -0.310 e. The number of aromatic nitrogens is 6. The van der Waals surface area contributed by atoms with Gasteiger partial charge in [0, 0.05) is 13.1 Å². The molecule has 0 spiro atoms. The minimum absolute atomic E-state index is 0.124. The summed E-state index contributed by atoms with van der Waals surface area (Å²) in [6, 6.07) is 16.0. The second-order valence-corrected chi connectivity index (χ2v) is 7.80. The second-order valence-electron chi connectivity index (χ2n) is 6.86. The van der Waals surface area contributed by atoms with E-state index in [1.807, 2.05) is 58.4 Å². The van der Waals surface area contributed by atoms with E-state index < -0.39 is 0 Å². The molecular formula is C21H21N7OS. The van der Waals surface area contributed by atoms with Crippen LogP contribution in [0.3, 0.4) is 0 Å². The van der Waals surface area contributed by atoms with Crippen LogP contribution in [0.15, 0.2) is 53.7 Å². The van der Waals surface area contributed by atoms with Crippen molar-refractivity contribution >= 4 is 51.5 Å². The molecule has 1 amide bonds. The molecule has 2 aromatic carbocycles. The van der Waals surface area contributed by atoms with Crippen LogP contribution in [0.25, 0.3) is 27.8 Å². The Morgan fingerprint density at radius 1 is 0.933 bits per heavy atom. The van der Waals surface area contributed by atoms with Crippen molar-refractivity contribution in [2.75, 3.05) is 11.1 Å². The maximum Gasteiger partial charge on any atom is 0.237 e. The highest BCUT2D eigenvalue weighted by Crippen LogP contribution is 2.26. The SMILES string of the molecule is CCn1c(NC(=O)CSc2nnc3n(CC)c4ccccc4n23)nc2ccccc21. The molecule has 5 aromatic rings. The van der Waals surface area contributed by atoms with Gasteiger partial charge in [0.25, 0.3) is 0 Å². The van der Waals surface area contributed by atoms with Crippen LogP contribution in [0.2, 0.25) is 0 Å². The first kappa shape index (κ1) is 18.7. The molecular weight excluding hydrogens is 398 g/mol. The van der Waals surface area contributed by atoms with Crippen LogP contribution in [0, 0.1) is 0 Å². The van der Waals surface area contributed by atoms with E-state index in [1.54, 1.807) is 0 Å². The Balaban J connectivity index is 1.39. The van der Waals surface area contributed by atoms with Gasteiger partial charge in [-0.3, -0.25) is 14.5 Å². The van der Waals surface area contributed by atoms with E-state index in [4.69, 9.17) is 0 Å². The molecule has 3 heterocycles. The number of hydrogen-bond acceptors (Lipinski definition) is 5. The van der Waals surface area contributed by atoms with E-state index in [2.05, 4.69) is 38.1 Å². The number of nitrogens with one attached hydrogen (secondary N) is 1. The maximum atomic E-state index is 12.7. The third-order valence-corrected chi connectivity index (χ3v) is 6.07. The monoisotopic (exact) mass is 419 g/mol. The quantitative estimate of drug-likeness (QED) is 0.423. The number of anilines is 1. The average molecular weight is 420 g/mol. The summed E-state index contributed by atoms with van der Waals surface area (Å²) in [7, 11) is 0. The van der Waals surface area contributed by atoms with E-state index in [1.165, 1.54) is 11.8 Å². The summed E-state index contributed by atoms with van der Waals surface area (Å²) in [5.41, 5.74) is 4.02. The van der Waals surface area contributed by atoms with Crippen molar-refractivity contribution in [2.45, 2.75) is 32.1 Å². The molecule has 152 valence electrons. The molecule has 0 saturated carbocycles. The van der Waals surface area contributed by atoms with Crippen molar-refractivity contribution in [1.82, 2.24) is 28.7 Å². The molecule has 0 aliphatic rings. The molecule has 0 saturated heterocycles. The van der Waals surface area contributed by atoms with Gasteiger partial charge >= 0.3 is 0 Å². The Kier molecular flexibility index (Phi) is 4.66. The van der Waals surface area contributed by atoms with Gasteiger partial charge in [-0.25, -0.2) is 4.98 Å². The number of carbonyl (C=O) groups is 1. The number of hydrogen-bond donors (Lipinski definition) is 1. The molecule has 0 bridgehead atoms. The Bertz CT molecular complexity index is 1380. The molecule has 30 heavy (non-hydrogen) atoms. The van der Waals surface area contributed by atoms with Crippen LogP contribution >= 0.6 is 11.8 Å². The fraction of sp³-hybridized carbons (Fsp3) is 0.238. The molecule has 0 aliphatic carbocycles. The number of para-hydroxylation sites is 4. The zero-order valence-electron chi connectivity index (χ0n) is 16.7. The highest BCUT2D eigenvalue weighted by molar-refractivity contribution is 7.99. The molecule has 0 unspecified atom stereocenters. The van der Waals surface area contributed by atoms with E-state index in [9.17, 15) is 4.79 Å². The highest BCUT2D eigenvalue weighted by Gasteiger charge is 2.18. The summed E-state index contributed by atoms with van der Waals surface area (Å²) in [6.45, 7) is 5.65. The van der Waals surface area contributed by atoms with Crippen molar-refractivity contribution in [2.24, 2.45) is 0 Å². The number of aryl methyl sites for hydroxylation is 2. The standard InChI is InChI=1S/C21H21N7OS/c1-3-26-15-10-6-5-9-14(15)22-19(26)23-18(29)13-30-21-25-24-20-27(4-2)16-11-7-8-12-17(16)28(20)21/h5-12H,3-4,13H2,1-2H3,(H,22,23,29). The van der Waals surface area contributed by atoms with Crippen molar-refractivity contribution in [3.63, 3.8) is 0 Å². The van der Waals surface area contributed by atoms with E-state index in [0.717, 1.165) is 40.9 Å². The molecule has 1 N–H and O–H groups in total. The summed E-state index contributed by atoms with van der Waals surface area (Å²) in [5.74, 6) is 1.45. The van der Waals surface area contributed by atoms with Crippen LogP contribution in [-0.2, 0) is 17.9 Å². The van der Waals surface area contributed by atoms with Crippen LogP contribution in [0.5, 0.6) is 0 Å². The molecule has 0 aliphatic heterocycles. The molecule has 0 atom stereocenters. The van der Waals surface area contributed by atoms with Gasteiger partial charge in [-0.1, -0.05) is 36.0 Å². The lowest BCUT2D eigenvalue weighted by Crippen LogP contribution is -2.17. The zero-order chi connectivity index (χ0) is 20.7. The van der Waals surface area contributed by atoms with Crippen molar-refractivity contribution < 1.29 is 4.79 Å². The van der Waals surface area contributed by atoms with E-state index >= 15 is 0 Å². The Labute approximate surface area is 176 Å². The number of benzene rings is 2. The Morgan fingerprint density at radius 3 is 2.40 bits per heavy atom. The molecule has 0 radical (unpaired) electrons. The van der Waals surface area contributed by atoms with E-state index in [0.29, 0.717) is 11.1 Å². The number of thioether (sulfide) groups is 1. The van der Waals surface area contributed by atoms with Gasteiger partial charge in [-0.2, -0.15) is 0 Å². The number of carbonyl (C=O) groups excluding carboxylic acids is 1. The highest BCUT2D eigenvalue weighted by atomic mass is 32.2. The number of fused-ring (bicyclic) bond motifs is 4. The zero-order valence-corrected chi connectivity index (χ0v) is 17.6. The fourth-order valence-electron chi connectivity index (χ4n) is 3.82. The topological polar surface area (TPSA) is 82.0 Å². The lowest BCUT2D eigenvalue weighted by molar-refractivity contribution is -0.113. The van der Waals surface area contributed by atoms with Gasteiger partial charge in [0.15, 0.2) is 5.16 Å². The summed E-state index contributed by atoms with van der Waals surface area (Å²) < 4.78 is 6.14. The van der Waals surface area contributed by atoms with Crippen LogP contribution in [-0.4, -0.2) is 40.4 Å². The first-order chi connectivity index (χ1) is 14.7. The Hall–Kier alpha value is -3.33. The van der Waals surface area contributed by atoms with Crippen LogP contribution in [0.4, 0.5) is 5.95 Å². The number of nitrogens with zero attached hydrogens (tertiary/aromatic N) is 6. The van der Waals surface area contributed by atoms with Crippen LogP contribution < -0.4 is 5.32 Å². The third kappa shape index (κ3) is 2.93. The largest absolute Gasteiger partial charge is 0.310 e. The summed E-state index contributed by atoms with van der Waals surface area (Å²) >= 11 is 1.37. The van der Waals surface area contributed by atoms with Crippen molar-refractivity contribution in [1.29, 1.82) is 0 Å². The summed E-state index contributed by atoms with van der Waals surface area (Å²) in [6.07, 6.45) is 0. The number of amides is 1. The minimum atomic E-state index is -0.124. The number of imidazole rings is 2. The van der Waals surface area contributed by atoms with Crippen molar-refractivity contribution in [3.05, 3.63) is 48.5 Å². The van der Waals surface area contributed by atoms with Gasteiger partial charge in [0.05, 0.1) is 27.8 Å². The third-order valence-electron chi connectivity index (χ3n) is 5.14. The van der Waals surface area contributed by atoms with Gasteiger partial charge in [-0.05, 0) is 38.1 Å². The molecule has 3 aromatic heterocycles.